The number of aliphatic imine (C=N–C) groups is 1. The molecule has 3 nitrogen and oxygen atoms in total. The topological polar surface area (TPSA) is 41.5 Å². The van der Waals surface area contributed by atoms with Crippen LogP contribution in [0.5, 0.6) is 0 Å². The van der Waals surface area contributed by atoms with Gasteiger partial charge in [-0.25, -0.2) is 4.79 Å². The first kappa shape index (κ1) is 12.4. The Morgan fingerprint density at radius 2 is 2.38 bits per heavy atom. The molecule has 3 heteroatoms. The minimum absolute atomic E-state index is 0.298. The van der Waals surface area contributed by atoms with E-state index in [2.05, 4.69) is 10.3 Å². The minimum atomic E-state index is -0.298. The Hall–Kier alpha value is -1.64. The highest BCUT2D eigenvalue weighted by atomic mass is 16.2. The Bertz CT molecular complexity index is 362. The Labute approximate surface area is 96.7 Å². The fraction of sp³-hybridized carbons (Fsp3) is 0.385. The fourth-order valence-corrected chi connectivity index (χ4v) is 1.41. The van der Waals surface area contributed by atoms with Crippen molar-refractivity contribution in [3.05, 3.63) is 36.1 Å². The molecule has 0 saturated carbocycles. The molecule has 0 unspecified atom stereocenters. The summed E-state index contributed by atoms with van der Waals surface area (Å²) in [7, 11) is 0. The molecule has 1 N–H and O–H groups in total. The van der Waals surface area contributed by atoms with E-state index in [1.54, 1.807) is 0 Å². The van der Waals surface area contributed by atoms with Crippen molar-refractivity contribution >= 4 is 11.7 Å². The number of rotatable bonds is 3. The fourth-order valence-electron chi connectivity index (χ4n) is 1.41. The average molecular weight is 218 g/mol. The molecule has 0 bridgehead atoms. The van der Waals surface area contributed by atoms with Gasteiger partial charge in [-0.1, -0.05) is 25.2 Å². The molecule has 0 aliphatic heterocycles. The van der Waals surface area contributed by atoms with Gasteiger partial charge in [0.2, 0.25) is 0 Å². The van der Waals surface area contributed by atoms with Crippen LogP contribution in [0.15, 0.2) is 41.1 Å². The molecule has 0 aromatic rings. The molecule has 0 aromatic heterocycles. The summed E-state index contributed by atoms with van der Waals surface area (Å²) in [4.78, 5) is 15.5. The number of allylic oxidation sites excluding steroid dienone is 5. The number of hydrogen-bond acceptors (Lipinski definition) is 1. The summed E-state index contributed by atoms with van der Waals surface area (Å²) < 4.78 is 0. The van der Waals surface area contributed by atoms with Crippen molar-refractivity contribution in [3.8, 4) is 0 Å². The predicted molar refractivity (Wildman–Crippen MR) is 67.5 cm³/mol. The van der Waals surface area contributed by atoms with Crippen molar-refractivity contribution in [2.45, 2.75) is 33.1 Å². The molecule has 0 spiro atoms. The maximum atomic E-state index is 11.5. The second-order valence-corrected chi connectivity index (χ2v) is 3.53. The SMILES string of the molecule is C/C=C\C(CC)=NC(=O)NC1=CCCC=C1. The van der Waals surface area contributed by atoms with Crippen LogP contribution in [0, 0.1) is 0 Å². The van der Waals surface area contributed by atoms with Crippen LogP contribution in [0.3, 0.4) is 0 Å². The largest absolute Gasteiger partial charge is 0.345 e. The molecule has 0 radical (unpaired) electrons. The second-order valence-electron chi connectivity index (χ2n) is 3.53. The monoisotopic (exact) mass is 218 g/mol. The third-order valence-corrected chi connectivity index (χ3v) is 2.21. The van der Waals surface area contributed by atoms with E-state index >= 15 is 0 Å². The van der Waals surface area contributed by atoms with Crippen molar-refractivity contribution in [1.29, 1.82) is 0 Å². The quantitative estimate of drug-likeness (QED) is 0.725. The molecule has 1 aliphatic carbocycles. The second kappa shape index (κ2) is 6.77. The van der Waals surface area contributed by atoms with Gasteiger partial charge in [-0.05, 0) is 38.3 Å². The summed E-state index contributed by atoms with van der Waals surface area (Å²) >= 11 is 0. The number of hydrogen-bond donors (Lipinski definition) is 1. The molecule has 0 heterocycles. The molecule has 0 aromatic carbocycles. The summed E-state index contributed by atoms with van der Waals surface area (Å²) in [5.74, 6) is 0. The molecule has 0 saturated heterocycles. The van der Waals surface area contributed by atoms with Crippen molar-refractivity contribution in [2.75, 3.05) is 0 Å². The number of urea groups is 1. The lowest BCUT2D eigenvalue weighted by Crippen LogP contribution is -2.19. The van der Waals surface area contributed by atoms with E-state index in [4.69, 9.17) is 0 Å². The smallest absolute Gasteiger partial charge is 0.306 e. The van der Waals surface area contributed by atoms with Crippen LogP contribution in [0.2, 0.25) is 0 Å². The van der Waals surface area contributed by atoms with E-state index < -0.39 is 0 Å². The van der Waals surface area contributed by atoms with Crippen LogP contribution < -0.4 is 5.32 Å². The highest BCUT2D eigenvalue weighted by Crippen LogP contribution is 2.06. The third kappa shape index (κ3) is 4.26. The molecule has 16 heavy (non-hydrogen) atoms. The lowest BCUT2D eigenvalue weighted by Gasteiger charge is -2.06. The van der Waals surface area contributed by atoms with Gasteiger partial charge in [0, 0.05) is 11.4 Å². The van der Waals surface area contributed by atoms with Gasteiger partial charge in [0.15, 0.2) is 0 Å². The maximum Gasteiger partial charge on any atom is 0.345 e. The lowest BCUT2D eigenvalue weighted by atomic mass is 10.1. The number of nitrogens with zero attached hydrogens (tertiary/aromatic N) is 1. The molecule has 0 atom stereocenters. The summed E-state index contributed by atoms with van der Waals surface area (Å²) in [6.07, 6.45) is 12.5. The zero-order valence-electron chi connectivity index (χ0n) is 9.86. The van der Waals surface area contributed by atoms with E-state index in [-0.39, 0.29) is 6.03 Å². The van der Waals surface area contributed by atoms with E-state index in [1.807, 2.05) is 44.2 Å². The first-order chi connectivity index (χ1) is 7.76. The highest BCUT2D eigenvalue weighted by molar-refractivity contribution is 6.02. The number of carbonyl (C=O) groups excluding carboxylic acids is 1. The van der Waals surface area contributed by atoms with Crippen LogP contribution in [-0.4, -0.2) is 11.7 Å². The minimum Gasteiger partial charge on any atom is -0.306 e. The van der Waals surface area contributed by atoms with Crippen molar-refractivity contribution < 1.29 is 4.79 Å². The molecule has 1 aliphatic rings. The zero-order valence-corrected chi connectivity index (χ0v) is 9.86. The van der Waals surface area contributed by atoms with Gasteiger partial charge in [-0.2, -0.15) is 4.99 Å². The van der Waals surface area contributed by atoms with Crippen molar-refractivity contribution in [1.82, 2.24) is 5.32 Å². The molecular formula is C13H18N2O. The summed E-state index contributed by atoms with van der Waals surface area (Å²) in [6, 6.07) is -0.298. The summed E-state index contributed by atoms with van der Waals surface area (Å²) in [5, 5.41) is 2.76. The standard InChI is InChI=1S/C13H18N2O/c1-3-8-11(4-2)14-13(16)15-12-9-6-5-7-10-12/h3,6,8-10H,4-5,7H2,1-2H3,(H,15,16)/b8-3-,14-11?. The van der Waals surface area contributed by atoms with Crippen LogP contribution in [0.1, 0.15) is 33.1 Å². The van der Waals surface area contributed by atoms with E-state index in [9.17, 15) is 4.79 Å². The highest BCUT2D eigenvalue weighted by Gasteiger charge is 2.03. The normalized spacial score (nSPS) is 16.4. The van der Waals surface area contributed by atoms with Crippen molar-refractivity contribution in [3.63, 3.8) is 0 Å². The van der Waals surface area contributed by atoms with E-state index in [0.717, 1.165) is 30.7 Å². The molecule has 0 fully saturated rings. The maximum absolute atomic E-state index is 11.5. The van der Waals surface area contributed by atoms with Crippen LogP contribution in [0.25, 0.3) is 0 Å². The number of nitrogens with one attached hydrogen (secondary N) is 1. The first-order valence-corrected chi connectivity index (χ1v) is 5.64. The first-order valence-electron chi connectivity index (χ1n) is 5.64. The van der Waals surface area contributed by atoms with Gasteiger partial charge in [-0.15, -0.1) is 0 Å². The Morgan fingerprint density at radius 1 is 1.56 bits per heavy atom. The predicted octanol–water partition coefficient (Wildman–Crippen LogP) is 3.36. The molecule has 2 amide bonds. The zero-order chi connectivity index (χ0) is 11.8. The van der Waals surface area contributed by atoms with Gasteiger partial charge >= 0.3 is 6.03 Å². The molecular weight excluding hydrogens is 200 g/mol. The lowest BCUT2D eigenvalue weighted by molar-refractivity contribution is 0.251. The summed E-state index contributed by atoms with van der Waals surface area (Å²) in [5.41, 5.74) is 1.64. The number of amides is 2. The molecule has 1 rings (SSSR count). The average Bonchev–Trinajstić information content (AvgIpc) is 2.29. The van der Waals surface area contributed by atoms with E-state index in [1.165, 1.54) is 0 Å². The van der Waals surface area contributed by atoms with Gasteiger partial charge in [-0.3, -0.25) is 0 Å². The Balaban J connectivity index is 2.58. The van der Waals surface area contributed by atoms with Gasteiger partial charge in [0.1, 0.15) is 0 Å². The Kier molecular flexibility index (Phi) is 5.26. The Morgan fingerprint density at radius 3 is 2.94 bits per heavy atom. The van der Waals surface area contributed by atoms with Gasteiger partial charge < -0.3 is 5.32 Å². The summed E-state index contributed by atoms with van der Waals surface area (Å²) in [6.45, 7) is 3.89. The van der Waals surface area contributed by atoms with Crippen LogP contribution in [-0.2, 0) is 0 Å². The van der Waals surface area contributed by atoms with Crippen LogP contribution in [0.4, 0.5) is 4.79 Å². The van der Waals surface area contributed by atoms with E-state index in [0.29, 0.717) is 0 Å². The number of carbonyl (C=O) groups is 1. The van der Waals surface area contributed by atoms with Gasteiger partial charge in [0.25, 0.3) is 0 Å². The van der Waals surface area contributed by atoms with Crippen molar-refractivity contribution in [2.24, 2.45) is 4.99 Å². The molecule has 86 valence electrons. The van der Waals surface area contributed by atoms with Gasteiger partial charge in [0.05, 0.1) is 0 Å². The third-order valence-electron chi connectivity index (χ3n) is 2.21. The van der Waals surface area contributed by atoms with Crippen LogP contribution >= 0.6 is 0 Å².